The van der Waals surface area contributed by atoms with Gasteiger partial charge in [0, 0.05) is 43.0 Å². The molecule has 1 aliphatic rings. The Bertz CT molecular complexity index is 1140. The van der Waals surface area contributed by atoms with Gasteiger partial charge in [-0.1, -0.05) is 56.6 Å². The van der Waals surface area contributed by atoms with Crippen molar-refractivity contribution in [3.63, 3.8) is 0 Å². The van der Waals surface area contributed by atoms with Crippen LogP contribution in [0.3, 0.4) is 0 Å². The van der Waals surface area contributed by atoms with Crippen LogP contribution in [-0.2, 0) is 30.8 Å². The number of carbonyl (C=O) groups excluding carboxylic acids is 1. The molecule has 4 rings (SSSR count). The molecule has 1 fully saturated rings. The Hall–Kier alpha value is -2.70. The van der Waals surface area contributed by atoms with Gasteiger partial charge in [0.05, 0.1) is 18.1 Å². The number of aromatic nitrogens is 2. The first kappa shape index (κ1) is 24.4. The Morgan fingerprint density at radius 3 is 2.59 bits per heavy atom. The van der Waals surface area contributed by atoms with E-state index in [1.54, 1.807) is 11.0 Å². The molecule has 7 heteroatoms. The molecule has 1 unspecified atom stereocenters. The lowest BCUT2D eigenvalue weighted by Crippen LogP contribution is -2.38. The van der Waals surface area contributed by atoms with Crippen LogP contribution in [0.4, 0.5) is 4.39 Å². The lowest BCUT2D eigenvalue weighted by Gasteiger charge is -2.18. The van der Waals surface area contributed by atoms with Crippen LogP contribution in [-0.4, -0.2) is 32.9 Å². The van der Waals surface area contributed by atoms with E-state index in [1.807, 2.05) is 12.5 Å². The van der Waals surface area contributed by atoms with Crippen molar-refractivity contribution in [2.75, 3.05) is 6.54 Å². The fraction of sp³-hybridized carbons (Fsp3) is 0.407. The van der Waals surface area contributed by atoms with E-state index in [9.17, 15) is 9.18 Å². The lowest BCUT2D eigenvalue weighted by atomic mass is 9.88. The Labute approximate surface area is 205 Å². The van der Waals surface area contributed by atoms with Crippen molar-refractivity contribution in [3.05, 3.63) is 88.2 Å². The maximum absolute atomic E-state index is 14.1. The summed E-state index contributed by atoms with van der Waals surface area (Å²) in [5.41, 5.74) is 4.27. The van der Waals surface area contributed by atoms with E-state index in [-0.39, 0.29) is 29.7 Å². The number of nitrogens with zero attached hydrogens (tertiary/aromatic N) is 3. The molecule has 1 atom stereocenters. The second kappa shape index (κ2) is 10.3. The summed E-state index contributed by atoms with van der Waals surface area (Å²) in [5.74, 6) is -0.358. The van der Waals surface area contributed by atoms with Crippen LogP contribution in [0.5, 0.6) is 0 Å². The number of amides is 1. The molecule has 0 spiro atoms. The summed E-state index contributed by atoms with van der Waals surface area (Å²) in [6, 6.07) is 12.9. The van der Waals surface area contributed by atoms with Gasteiger partial charge in [0.1, 0.15) is 5.82 Å². The molecule has 3 aromatic rings. The molecule has 0 radical (unpaired) electrons. The number of carbonyl (C=O) groups is 1. The Morgan fingerprint density at radius 2 is 1.85 bits per heavy atom. The largest absolute Gasteiger partial charge is 0.337 e. The number of benzene rings is 2. The summed E-state index contributed by atoms with van der Waals surface area (Å²) in [6.45, 7) is 8.82. The fourth-order valence-corrected chi connectivity index (χ4v) is 4.59. The SMILES string of the molecule is CC(C)(C)Cc1ccc(Cn2cncc2CNC2CCN(Cc3cc(Cl)ccc3F)C2=O)cc1. The summed E-state index contributed by atoms with van der Waals surface area (Å²) in [7, 11) is 0. The normalized spacial score (nSPS) is 16.4. The van der Waals surface area contributed by atoms with Gasteiger partial charge in [-0.15, -0.1) is 0 Å². The Balaban J connectivity index is 1.32. The minimum atomic E-state index is -0.344. The molecule has 2 heterocycles. The maximum atomic E-state index is 14.1. The molecule has 1 N–H and O–H groups in total. The third-order valence-electron chi connectivity index (χ3n) is 6.10. The van der Waals surface area contributed by atoms with Crippen LogP contribution in [0, 0.1) is 11.2 Å². The molecule has 2 aromatic carbocycles. The van der Waals surface area contributed by atoms with Crippen molar-refractivity contribution in [2.24, 2.45) is 5.41 Å². The zero-order valence-corrected chi connectivity index (χ0v) is 20.8. The third kappa shape index (κ3) is 6.24. The zero-order chi connectivity index (χ0) is 24.3. The monoisotopic (exact) mass is 482 g/mol. The smallest absolute Gasteiger partial charge is 0.240 e. The Kier molecular flexibility index (Phi) is 7.39. The number of hydrogen-bond donors (Lipinski definition) is 1. The van der Waals surface area contributed by atoms with E-state index < -0.39 is 0 Å². The zero-order valence-electron chi connectivity index (χ0n) is 20.0. The van der Waals surface area contributed by atoms with Gasteiger partial charge < -0.3 is 14.8 Å². The molecule has 1 amide bonds. The summed E-state index contributed by atoms with van der Waals surface area (Å²) < 4.78 is 16.2. The van der Waals surface area contributed by atoms with E-state index in [4.69, 9.17) is 11.6 Å². The van der Waals surface area contributed by atoms with Gasteiger partial charge in [-0.3, -0.25) is 4.79 Å². The number of hydrogen-bond acceptors (Lipinski definition) is 3. The van der Waals surface area contributed by atoms with E-state index in [2.05, 4.69) is 59.9 Å². The predicted molar refractivity (Wildman–Crippen MR) is 133 cm³/mol. The first-order valence-corrected chi connectivity index (χ1v) is 12.1. The standard InChI is InChI=1S/C27H32ClFN4O/c1-27(2,3)13-19-4-6-20(7-5-19)16-33-18-30-14-23(33)15-31-25-10-11-32(26(25)34)17-21-12-22(28)8-9-24(21)29/h4-9,12,14,18,25,31H,10-11,13,15-17H2,1-3H3. The average Bonchev–Trinajstić information content (AvgIpc) is 3.36. The van der Waals surface area contributed by atoms with Crippen LogP contribution < -0.4 is 5.32 Å². The minimum Gasteiger partial charge on any atom is -0.337 e. The second-order valence-electron chi connectivity index (χ2n) is 10.3. The summed E-state index contributed by atoms with van der Waals surface area (Å²) in [5, 5.41) is 3.83. The summed E-state index contributed by atoms with van der Waals surface area (Å²) in [4.78, 5) is 18.9. The number of likely N-dealkylation sites (tertiary alicyclic amines) is 1. The maximum Gasteiger partial charge on any atom is 0.240 e. The van der Waals surface area contributed by atoms with E-state index >= 15 is 0 Å². The summed E-state index contributed by atoms with van der Waals surface area (Å²) in [6.07, 6.45) is 5.39. The number of imidazole rings is 1. The van der Waals surface area contributed by atoms with Gasteiger partial charge in [0.2, 0.25) is 5.91 Å². The van der Waals surface area contributed by atoms with Crippen LogP contribution in [0.25, 0.3) is 0 Å². The topological polar surface area (TPSA) is 50.2 Å². The Morgan fingerprint density at radius 1 is 1.12 bits per heavy atom. The van der Waals surface area contributed by atoms with Gasteiger partial charge in [-0.05, 0) is 47.6 Å². The average molecular weight is 483 g/mol. The van der Waals surface area contributed by atoms with Gasteiger partial charge in [-0.25, -0.2) is 9.37 Å². The minimum absolute atomic E-state index is 0.0140. The van der Waals surface area contributed by atoms with Crippen molar-refractivity contribution in [3.8, 4) is 0 Å². The van der Waals surface area contributed by atoms with Crippen LogP contribution in [0.15, 0.2) is 55.0 Å². The molecule has 0 bridgehead atoms. The van der Waals surface area contributed by atoms with E-state index in [0.29, 0.717) is 30.1 Å². The second-order valence-corrected chi connectivity index (χ2v) is 10.7. The van der Waals surface area contributed by atoms with Gasteiger partial charge in [-0.2, -0.15) is 0 Å². The van der Waals surface area contributed by atoms with Gasteiger partial charge in [0.25, 0.3) is 0 Å². The molecule has 5 nitrogen and oxygen atoms in total. The predicted octanol–water partition coefficient (Wildman–Crippen LogP) is 5.20. The molecule has 0 saturated carbocycles. The van der Waals surface area contributed by atoms with E-state index in [0.717, 1.165) is 18.7 Å². The highest BCUT2D eigenvalue weighted by Crippen LogP contribution is 2.22. The van der Waals surface area contributed by atoms with Crippen molar-refractivity contribution in [2.45, 2.75) is 59.3 Å². The van der Waals surface area contributed by atoms with Crippen LogP contribution >= 0.6 is 11.6 Å². The van der Waals surface area contributed by atoms with Crippen LogP contribution in [0.1, 0.15) is 49.6 Å². The molecule has 1 saturated heterocycles. The van der Waals surface area contributed by atoms with Crippen LogP contribution in [0.2, 0.25) is 5.02 Å². The van der Waals surface area contributed by atoms with Crippen molar-refractivity contribution >= 4 is 17.5 Å². The highest BCUT2D eigenvalue weighted by molar-refractivity contribution is 6.30. The quantitative estimate of drug-likeness (QED) is 0.480. The lowest BCUT2D eigenvalue weighted by molar-refractivity contribution is -0.130. The summed E-state index contributed by atoms with van der Waals surface area (Å²) >= 11 is 5.99. The van der Waals surface area contributed by atoms with Gasteiger partial charge in [0.15, 0.2) is 0 Å². The van der Waals surface area contributed by atoms with Crippen molar-refractivity contribution < 1.29 is 9.18 Å². The fourth-order valence-electron chi connectivity index (χ4n) is 4.39. The first-order valence-electron chi connectivity index (χ1n) is 11.7. The number of rotatable bonds is 8. The van der Waals surface area contributed by atoms with Gasteiger partial charge >= 0.3 is 0 Å². The third-order valence-corrected chi connectivity index (χ3v) is 6.34. The number of nitrogens with one attached hydrogen (secondary N) is 1. The molecule has 0 aliphatic carbocycles. The molecular weight excluding hydrogens is 451 g/mol. The molecule has 180 valence electrons. The highest BCUT2D eigenvalue weighted by Gasteiger charge is 2.31. The highest BCUT2D eigenvalue weighted by atomic mass is 35.5. The number of halogens is 2. The van der Waals surface area contributed by atoms with Crippen molar-refractivity contribution in [1.29, 1.82) is 0 Å². The first-order chi connectivity index (χ1) is 16.2. The van der Waals surface area contributed by atoms with E-state index in [1.165, 1.54) is 23.3 Å². The molecular formula is C27H32ClFN4O. The molecule has 1 aromatic heterocycles. The molecule has 34 heavy (non-hydrogen) atoms. The molecule has 1 aliphatic heterocycles. The van der Waals surface area contributed by atoms with Crippen molar-refractivity contribution in [1.82, 2.24) is 19.8 Å².